The topological polar surface area (TPSA) is 17.1 Å². The average Bonchev–Trinajstić information content (AvgIpc) is 2.93. The lowest BCUT2D eigenvalue weighted by Gasteiger charge is -2.02. The lowest BCUT2D eigenvalue weighted by molar-refractivity contribution is 0.0994. The Morgan fingerprint density at radius 2 is 1.91 bits per heavy atom. The molecule has 22 heavy (non-hydrogen) atoms. The van der Waals surface area contributed by atoms with Gasteiger partial charge in [0.2, 0.25) is 0 Å². The zero-order chi connectivity index (χ0) is 15.4. The predicted molar refractivity (Wildman–Crippen MR) is 92.3 cm³/mol. The largest absolute Gasteiger partial charge is 0.294 e. The molecule has 0 bridgehead atoms. The Kier molecular flexibility index (Phi) is 4.53. The summed E-state index contributed by atoms with van der Waals surface area (Å²) in [7, 11) is 0. The Hall–Kier alpha value is -2.15. The van der Waals surface area contributed by atoms with Crippen molar-refractivity contribution in [3.05, 3.63) is 76.4 Å². The molecule has 1 aliphatic carbocycles. The smallest absolute Gasteiger partial charge is 0.163 e. The van der Waals surface area contributed by atoms with Crippen LogP contribution in [0.3, 0.4) is 0 Å². The highest BCUT2D eigenvalue weighted by molar-refractivity contribution is 6.00. The van der Waals surface area contributed by atoms with Crippen LogP contribution in [0.15, 0.2) is 48.5 Å². The highest BCUT2D eigenvalue weighted by Gasteiger charge is 2.18. The lowest BCUT2D eigenvalue weighted by atomic mass is 10.0. The molecule has 0 radical (unpaired) electrons. The van der Waals surface area contributed by atoms with Crippen molar-refractivity contribution in [1.29, 1.82) is 0 Å². The Morgan fingerprint density at radius 1 is 1.05 bits per heavy atom. The van der Waals surface area contributed by atoms with Crippen LogP contribution in [0.5, 0.6) is 0 Å². The van der Waals surface area contributed by atoms with Crippen LogP contribution in [0.25, 0.3) is 6.08 Å². The molecule has 0 amide bonds. The Morgan fingerprint density at radius 3 is 2.77 bits per heavy atom. The number of hydrogen-bond acceptors (Lipinski definition) is 1. The minimum atomic E-state index is 0.293. The molecule has 0 saturated carbocycles. The van der Waals surface area contributed by atoms with Gasteiger partial charge >= 0.3 is 0 Å². The van der Waals surface area contributed by atoms with E-state index in [1.54, 1.807) is 0 Å². The summed E-state index contributed by atoms with van der Waals surface area (Å²) in [6, 6.07) is 15.1. The maximum atomic E-state index is 11.8. The summed E-state index contributed by atoms with van der Waals surface area (Å²) in [6.45, 7) is 2.19. The third kappa shape index (κ3) is 3.36. The van der Waals surface area contributed by atoms with Crippen molar-refractivity contribution >= 4 is 11.9 Å². The molecule has 0 aliphatic heterocycles. The summed E-state index contributed by atoms with van der Waals surface area (Å²) in [5.74, 6) is 0.293. The Bertz CT molecular complexity index is 710. The van der Waals surface area contributed by atoms with E-state index in [1.807, 2.05) is 6.07 Å². The molecule has 0 saturated heterocycles. The zero-order valence-corrected chi connectivity index (χ0v) is 13.1. The van der Waals surface area contributed by atoms with Gasteiger partial charge in [0, 0.05) is 12.0 Å². The monoisotopic (exact) mass is 290 g/mol. The number of carbonyl (C=O) groups excluding carboxylic acids is 1. The van der Waals surface area contributed by atoms with Crippen LogP contribution in [-0.2, 0) is 19.3 Å². The summed E-state index contributed by atoms with van der Waals surface area (Å²) in [4.78, 5) is 11.8. The van der Waals surface area contributed by atoms with Crippen LogP contribution >= 0.6 is 0 Å². The summed E-state index contributed by atoms with van der Waals surface area (Å²) < 4.78 is 0. The second-order valence-corrected chi connectivity index (χ2v) is 5.95. The van der Waals surface area contributed by atoms with Gasteiger partial charge in [0.1, 0.15) is 0 Å². The second kappa shape index (κ2) is 6.74. The van der Waals surface area contributed by atoms with Crippen molar-refractivity contribution in [3.8, 4) is 0 Å². The molecule has 0 spiro atoms. The van der Waals surface area contributed by atoms with Gasteiger partial charge in [-0.2, -0.15) is 0 Å². The van der Waals surface area contributed by atoms with E-state index in [2.05, 4.69) is 55.5 Å². The summed E-state index contributed by atoms with van der Waals surface area (Å²) in [6.07, 6.45) is 9.11. The summed E-state index contributed by atoms with van der Waals surface area (Å²) >= 11 is 0. The van der Waals surface area contributed by atoms with Gasteiger partial charge in [-0.3, -0.25) is 4.79 Å². The highest BCUT2D eigenvalue weighted by atomic mass is 16.1. The van der Waals surface area contributed by atoms with Gasteiger partial charge in [-0.15, -0.1) is 0 Å². The third-order valence-electron chi connectivity index (χ3n) is 4.37. The molecule has 2 aromatic carbocycles. The highest BCUT2D eigenvalue weighted by Crippen LogP contribution is 2.23. The van der Waals surface area contributed by atoms with Gasteiger partial charge in [0.15, 0.2) is 5.78 Å². The number of hydrogen-bond donors (Lipinski definition) is 0. The molecular formula is C21H22O. The van der Waals surface area contributed by atoms with E-state index in [1.165, 1.54) is 16.7 Å². The standard InChI is InChI=1S/C21H22O/c1-2-16-8-5-9-17(14-16)6-3-4-7-18-10-11-19-12-13-21(22)20(19)15-18/h4-5,7-11,14-15H,2-3,6,12-13H2,1H3/b7-4+. The lowest BCUT2D eigenvalue weighted by Crippen LogP contribution is -1.91. The van der Waals surface area contributed by atoms with E-state index in [0.29, 0.717) is 12.2 Å². The van der Waals surface area contributed by atoms with Gasteiger partial charge in [-0.05, 0) is 54.0 Å². The molecule has 0 fully saturated rings. The van der Waals surface area contributed by atoms with Crippen LogP contribution in [0.2, 0.25) is 0 Å². The molecular weight excluding hydrogens is 268 g/mol. The molecule has 1 aliphatic rings. The molecule has 1 heteroatoms. The fourth-order valence-electron chi connectivity index (χ4n) is 3.03. The van der Waals surface area contributed by atoms with E-state index in [4.69, 9.17) is 0 Å². The quantitative estimate of drug-likeness (QED) is 0.755. The van der Waals surface area contributed by atoms with Gasteiger partial charge < -0.3 is 0 Å². The van der Waals surface area contributed by atoms with Crippen molar-refractivity contribution < 1.29 is 4.79 Å². The van der Waals surface area contributed by atoms with E-state index in [0.717, 1.165) is 36.8 Å². The van der Waals surface area contributed by atoms with Crippen LogP contribution in [0.1, 0.15) is 52.4 Å². The number of fused-ring (bicyclic) bond motifs is 1. The first-order valence-corrected chi connectivity index (χ1v) is 8.17. The van der Waals surface area contributed by atoms with Gasteiger partial charge in [0.05, 0.1) is 0 Å². The minimum Gasteiger partial charge on any atom is -0.294 e. The summed E-state index contributed by atoms with van der Waals surface area (Å²) in [5.41, 5.74) is 6.07. The van der Waals surface area contributed by atoms with Crippen LogP contribution < -0.4 is 0 Å². The van der Waals surface area contributed by atoms with Gasteiger partial charge in [0.25, 0.3) is 0 Å². The molecule has 3 rings (SSSR count). The Balaban J connectivity index is 1.60. The van der Waals surface area contributed by atoms with Crippen molar-refractivity contribution in [2.75, 3.05) is 0 Å². The maximum absolute atomic E-state index is 11.8. The molecule has 0 heterocycles. The first-order chi connectivity index (χ1) is 10.8. The molecule has 0 N–H and O–H groups in total. The van der Waals surface area contributed by atoms with Crippen molar-refractivity contribution in [1.82, 2.24) is 0 Å². The average molecular weight is 290 g/mol. The van der Waals surface area contributed by atoms with Crippen LogP contribution in [-0.4, -0.2) is 5.78 Å². The number of Topliss-reactive ketones (excluding diaryl/α,β-unsaturated/α-hetero) is 1. The molecule has 1 nitrogen and oxygen atoms in total. The molecule has 112 valence electrons. The number of allylic oxidation sites excluding steroid dienone is 1. The number of carbonyl (C=O) groups is 1. The van der Waals surface area contributed by atoms with Gasteiger partial charge in [-0.1, -0.05) is 55.5 Å². The molecule has 2 aromatic rings. The first-order valence-electron chi connectivity index (χ1n) is 8.17. The normalized spacial score (nSPS) is 13.8. The number of rotatable bonds is 5. The fraction of sp³-hybridized carbons (Fsp3) is 0.286. The Labute approximate surface area is 132 Å². The van der Waals surface area contributed by atoms with Crippen molar-refractivity contribution in [2.24, 2.45) is 0 Å². The van der Waals surface area contributed by atoms with E-state index < -0.39 is 0 Å². The third-order valence-corrected chi connectivity index (χ3v) is 4.37. The molecule has 0 atom stereocenters. The SMILES string of the molecule is CCc1cccc(CC/C=C/c2ccc3c(c2)C(=O)CC3)c1. The van der Waals surface area contributed by atoms with Crippen LogP contribution in [0, 0.1) is 0 Å². The fourth-order valence-corrected chi connectivity index (χ4v) is 3.03. The zero-order valence-electron chi connectivity index (χ0n) is 13.1. The molecule has 0 unspecified atom stereocenters. The number of benzene rings is 2. The minimum absolute atomic E-state index is 0.293. The van der Waals surface area contributed by atoms with Crippen molar-refractivity contribution in [2.45, 2.75) is 39.0 Å². The first kappa shape index (κ1) is 14.8. The van der Waals surface area contributed by atoms with Crippen LogP contribution in [0.4, 0.5) is 0 Å². The van der Waals surface area contributed by atoms with Crippen molar-refractivity contribution in [3.63, 3.8) is 0 Å². The van der Waals surface area contributed by atoms with E-state index in [-0.39, 0.29) is 0 Å². The van der Waals surface area contributed by atoms with Gasteiger partial charge in [-0.25, -0.2) is 0 Å². The summed E-state index contributed by atoms with van der Waals surface area (Å²) in [5, 5.41) is 0. The number of ketones is 1. The van der Waals surface area contributed by atoms with E-state index >= 15 is 0 Å². The molecule has 0 aromatic heterocycles. The van der Waals surface area contributed by atoms with E-state index in [9.17, 15) is 4.79 Å². The maximum Gasteiger partial charge on any atom is 0.163 e. The number of aryl methyl sites for hydroxylation is 3. The second-order valence-electron chi connectivity index (χ2n) is 5.95. The predicted octanol–water partition coefficient (Wildman–Crippen LogP) is 5.02.